The van der Waals surface area contributed by atoms with Crippen LogP contribution in [0.5, 0.6) is 0 Å². The van der Waals surface area contributed by atoms with Crippen molar-refractivity contribution in [2.45, 2.75) is 26.3 Å². The van der Waals surface area contributed by atoms with Gasteiger partial charge in [-0.05, 0) is 25.0 Å². The summed E-state index contributed by atoms with van der Waals surface area (Å²) >= 11 is 1.60. The molecule has 2 aromatic heterocycles. The van der Waals surface area contributed by atoms with Crippen LogP contribution < -0.4 is 5.43 Å². The number of benzene rings is 1. The van der Waals surface area contributed by atoms with Crippen molar-refractivity contribution in [3.8, 4) is 0 Å². The molecule has 128 valence electrons. The molecule has 1 amide bonds. The normalized spacial score (nSPS) is 12.7. The van der Waals surface area contributed by atoms with Crippen LogP contribution in [0.25, 0.3) is 10.9 Å². The van der Waals surface area contributed by atoms with Crippen molar-refractivity contribution in [3.63, 3.8) is 0 Å². The van der Waals surface area contributed by atoms with Crippen molar-refractivity contribution in [2.75, 3.05) is 13.6 Å². The SMILES string of the molecule is Cc1ncsc1CCN(C)C(=O)c1cn2c3c(cccc3c1=O)CC2. The van der Waals surface area contributed by atoms with Crippen LogP contribution in [-0.4, -0.2) is 34.0 Å². The summed E-state index contributed by atoms with van der Waals surface area (Å²) in [7, 11) is 1.75. The van der Waals surface area contributed by atoms with Crippen molar-refractivity contribution in [1.29, 1.82) is 0 Å². The number of carbonyl (C=O) groups excluding carboxylic acids is 1. The predicted octanol–water partition coefficient (Wildman–Crippen LogP) is 2.64. The number of pyridine rings is 1. The van der Waals surface area contributed by atoms with Gasteiger partial charge in [-0.25, -0.2) is 4.98 Å². The number of aryl methyl sites for hydroxylation is 3. The van der Waals surface area contributed by atoms with Gasteiger partial charge in [-0.3, -0.25) is 9.59 Å². The van der Waals surface area contributed by atoms with E-state index in [9.17, 15) is 9.59 Å². The molecule has 0 atom stereocenters. The van der Waals surface area contributed by atoms with Crippen molar-refractivity contribution >= 4 is 28.1 Å². The Kier molecular flexibility index (Phi) is 3.92. The molecule has 3 heterocycles. The van der Waals surface area contributed by atoms with Crippen LogP contribution in [-0.2, 0) is 19.4 Å². The first-order valence-electron chi connectivity index (χ1n) is 8.35. The summed E-state index contributed by atoms with van der Waals surface area (Å²) in [6.07, 6.45) is 3.40. The Morgan fingerprint density at radius 2 is 2.24 bits per heavy atom. The average molecular weight is 353 g/mol. The number of thiazole rings is 1. The van der Waals surface area contributed by atoms with E-state index in [1.165, 1.54) is 10.4 Å². The summed E-state index contributed by atoms with van der Waals surface area (Å²) in [6, 6.07) is 5.77. The largest absolute Gasteiger partial charge is 0.346 e. The first-order chi connectivity index (χ1) is 12.1. The van der Waals surface area contributed by atoms with E-state index in [0.717, 1.165) is 30.6 Å². The predicted molar refractivity (Wildman–Crippen MR) is 99.4 cm³/mol. The summed E-state index contributed by atoms with van der Waals surface area (Å²) in [5.41, 5.74) is 5.09. The minimum absolute atomic E-state index is 0.166. The second-order valence-corrected chi connectivity index (χ2v) is 7.41. The Balaban J connectivity index is 1.64. The van der Waals surface area contributed by atoms with Gasteiger partial charge >= 0.3 is 0 Å². The van der Waals surface area contributed by atoms with E-state index in [1.54, 1.807) is 29.5 Å². The molecule has 1 aromatic carbocycles. The molecule has 6 heteroatoms. The van der Waals surface area contributed by atoms with Crippen LogP contribution in [0.1, 0.15) is 26.5 Å². The molecule has 1 aliphatic rings. The van der Waals surface area contributed by atoms with Crippen LogP contribution in [0.2, 0.25) is 0 Å². The van der Waals surface area contributed by atoms with Crippen LogP contribution >= 0.6 is 11.3 Å². The lowest BCUT2D eigenvalue weighted by molar-refractivity contribution is 0.0795. The molecular formula is C19H19N3O2S. The highest BCUT2D eigenvalue weighted by Crippen LogP contribution is 2.24. The molecular weight excluding hydrogens is 334 g/mol. The molecule has 0 bridgehead atoms. The zero-order chi connectivity index (χ0) is 17.6. The third kappa shape index (κ3) is 2.66. The van der Waals surface area contributed by atoms with Crippen LogP contribution in [0.15, 0.2) is 34.7 Å². The van der Waals surface area contributed by atoms with E-state index in [-0.39, 0.29) is 16.9 Å². The molecule has 1 aliphatic heterocycles. The van der Waals surface area contributed by atoms with Gasteiger partial charge in [0.1, 0.15) is 5.56 Å². The van der Waals surface area contributed by atoms with E-state index in [4.69, 9.17) is 0 Å². The fourth-order valence-electron chi connectivity index (χ4n) is 3.45. The first kappa shape index (κ1) is 16.0. The molecule has 25 heavy (non-hydrogen) atoms. The number of hydrogen-bond donors (Lipinski definition) is 0. The maximum Gasteiger partial charge on any atom is 0.259 e. The Hall–Kier alpha value is -2.47. The Morgan fingerprint density at radius 3 is 3.00 bits per heavy atom. The quantitative estimate of drug-likeness (QED) is 0.724. The number of para-hydroxylation sites is 1. The molecule has 0 radical (unpaired) electrons. The zero-order valence-corrected chi connectivity index (χ0v) is 15.1. The summed E-state index contributed by atoms with van der Waals surface area (Å²) in [4.78, 5) is 32.7. The van der Waals surface area contributed by atoms with E-state index in [2.05, 4.69) is 11.1 Å². The second-order valence-electron chi connectivity index (χ2n) is 6.47. The molecule has 5 nitrogen and oxygen atoms in total. The number of amides is 1. The van der Waals surface area contributed by atoms with Gasteiger partial charge in [0.2, 0.25) is 5.43 Å². The molecule has 0 aliphatic carbocycles. The number of likely N-dealkylation sites (N-methyl/N-ethyl adjacent to an activating group) is 1. The molecule has 0 N–H and O–H groups in total. The molecule has 4 rings (SSSR count). The molecule has 3 aromatic rings. The number of carbonyl (C=O) groups is 1. The average Bonchev–Trinajstić information content (AvgIpc) is 3.22. The minimum atomic E-state index is -0.213. The van der Waals surface area contributed by atoms with Crippen LogP contribution in [0.3, 0.4) is 0 Å². The third-order valence-corrected chi connectivity index (χ3v) is 5.89. The second kappa shape index (κ2) is 6.11. The van der Waals surface area contributed by atoms with Gasteiger partial charge < -0.3 is 9.47 Å². The first-order valence-corrected chi connectivity index (χ1v) is 9.23. The lowest BCUT2D eigenvalue weighted by Gasteiger charge is -2.17. The van der Waals surface area contributed by atoms with Crippen LogP contribution in [0, 0.1) is 6.92 Å². The fourth-order valence-corrected chi connectivity index (χ4v) is 4.22. The highest BCUT2D eigenvalue weighted by atomic mass is 32.1. The minimum Gasteiger partial charge on any atom is -0.346 e. The van der Waals surface area contributed by atoms with Gasteiger partial charge in [0.15, 0.2) is 0 Å². The maximum absolute atomic E-state index is 12.8. The highest BCUT2D eigenvalue weighted by Gasteiger charge is 2.22. The summed E-state index contributed by atoms with van der Waals surface area (Å²) < 4.78 is 2.04. The lowest BCUT2D eigenvalue weighted by atomic mass is 10.1. The lowest BCUT2D eigenvalue weighted by Crippen LogP contribution is -2.33. The third-order valence-electron chi connectivity index (χ3n) is 4.90. The monoisotopic (exact) mass is 353 g/mol. The molecule has 0 fully saturated rings. The Bertz CT molecular complexity index is 1030. The Labute approximate surface area is 149 Å². The topological polar surface area (TPSA) is 55.2 Å². The van der Waals surface area contributed by atoms with Crippen molar-refractivity contribution in [2.24, 2.45) is 0 Å². The fraction of sp³-hybridized carbons (Fsp3) is 0.316. The van der Waals surface area contributed by atoms with Crippen molar-refractivity contribution < 1.29 is 4.79 Å². The summed E-state index contributed by atoms with van der Waals surface area (Å²) in [6.45, 7) is 3.36. The number of rotatable bonds is 4. The van der Waals surface area contributed by atoms with Gasteiger partial charge in [-0.1, -0.05) is 12.1 Å². The van der Waals surface area contributed by atoms with Crippen molar-refractivity contribution in [3.05, 3.63) is 61.8 Å². The standard InChI is InChI=1S/C19H19N3O2S/c1-12-16(25-11-20-12)7-8-21(2)19(24)15-10-22-9-6-13-4-3-5-14(17(13)22)18(15)23/h3-5,10-11H,6-9H2,1-2H3. The number of hydrogen-bond acceptors (Lipinski definition) is 4. The van der Waals surface area contributed by atoms with Gasteiger partial charge in [-0.2, -0.15) is 0 Å². The number of aromatic nitrogens is 2. The number of nitrogens with zero attached hydrogens (tertiary/aromatic N) is 3. The molecule has 0 spiro atoms. The van der Waals surface area contributed by atoms with E-state index in [0.29, 0.717) is 11.9 Å². The van der Waals surface area contributed by atoms with E-state index in [1.807, 2.05) is 29.1 Å². The van der Waals surface area contributed by atoms with Gasteiger partial charge in [-0.15, -0.1) is 11.3 Å². The van der Waals surface area contributed by atoms with E-state index < -0.39 is 0 Å². The summed E-state index contributed by atoms with van der Waals surface area (Å²) in [5.74, 6) is -0.213. The molecule has 0 saturated carbocycles. The Morgan fingerprint density at radius 1 is 1.40 bits per heavy atom. The van der Waals surface area contributed by atoms with Gasteiger partial charge in [0, 0.05) is 43.0 Å². The molecule has 0 unspecified atom stereocenters. The maximum atomic E-state index is 12.8. The smallest absolute Gasteiger partial charge is 0.259 e. The van der Waals surface area contributed by atoms with Crippen LogP contribution in [0.4, 0.5) is 0 Å². The highest BCUT2D eigenvalue weighted by molar-refractivity contribution is 7.09. The molecule has 0 saturated heterocycles. The van der Waals surface area contributed by atoms with Crippen molar-refractivity contribution in [1.82, 2.24) is 14.5 Å². The summed E-state index contributed by atoms with van der Waals surface area (Å²) in [5, 5.41) is 0.646. The zero-order valence-electron chi connectivity index (χ0n) is 14.3. The van der Waals surface area contributed by atoms with Gasteiger partial charge in [0.05, 0.1) is 16.7 Å². The van der Waals surface area contributed by atoms with Gasteiger partial charge in [0.25, 0.3) is 5.91 Å². The van der Waals surface area contributed by atoms with E-state index >= 15 is 0 Å².